The monoisotopic (exact) mass is 433 g/mol. The fourth-order valence-corrected chi connectivity index (χ4v) is 3.96. The van der Waals surface area contributed by atoms with E-state index in [1.807, 2.05) is 0 Å². The number of aromatic nitrogens is 4. The lowest BCUT2D eigenvalue weighted by Crippen LogP contribution is -2.15. The summed E-state index contributed by atoms with van der Waals surface area (Å²) in [5, 5.41) is 9.44. The number of fused-ring (bicyclic) bond motifs is 2. The summed E-state index contributed by atoms with van der Waals surface area (Å²) in [5.74, 6) is -1.60. The van der Waals surface area contributed by atoms with Gasteiger partial charge < -0.3 is 9.72 Å². The molecule has 0 saturated heterocycles. The predicted molar refractivity (Wildman–Crippen MR) is 106 cm³/mol. The first-order valence-corrected chi connectivity index (χ1v) is 9.65. The minimum Gasteiger partial charge on any atom is -0.309 e. The van der Waals surface area contributed by atoms with Gasteiger partial charge in [-0.25, -0.2) is 18.2 Å². The quantitative estimate of drug-likeness (QED) is 0.475. The van der Waals surface area contributed by atoms with Gasteiger partial charge in [-0.1, -0.05) is 11.6 Å². The Hall–Kier alpha value is -3.07. The van der Waals surface area contributed by atoms with E-state index in [9.17, 15) is 18.0 Å². The third kappa shape index (κ3) is 2.92. The second-order valence-electron chi connectivity index (χ2n) is 7.35. The van der Waals surface area contributed by atoms with Crippen LogP contribution in [0.25, 0.3) is 27.7 Å². The SMILES string of the molecule is CC(F)c1c(F)c(Cl)c(-c2ccc3nc(NC(=O)[C@@H]4C[C@@H]4F)cn3c2)c2cn[nH]c12. The molecule has 10 heteroatoms. The van der Waals surface area contributed by atoms with Crippen molar-refractivity contribution in [3.8, 4) is 11.1 Å². The number of carbonyl (C=O) groups is 1. The van der Waals surface area contributed by atoms with Crippen molar-refractivity contribution in [3.63, 3.8) is 0 Å². The van der Waals surface area contributed by atoms with E-state index >= 15 is 0 Å². The number of halogens is 4. The molecule has 154 valence electrons. The number of hydrogen-bond donors (Lipinski definition) is 2. The van der Waals surface area contributed by atoms with Crippen molar-refractivity contribution >= 4 is 39.9 Å². The van der Waals surface area contributed by atoms with Crippen LogP contribution in [-0.2, 0) is 4.79 Å². The van der Waals surface area contributed by atoms with Crippen LogP contribution in [0, 0.1) is 11.7 Å². The Morgan fingerprint density at radius 3 is 2.87 bits per heavy atom. The van der Waals surface area contributed by atoms with Gasteiger partial charge >= 0.3 is 0 Å². The van der Waals surface area contributed by atoms with Gasteiger partial charge in [0, 0.05) is 28.3 Å². The maximum Gasteiger partial charge on any atom is 0.231 e. The van der Waals surface area contributed by atoms with Gasteiger partial charge in [-0.15, -0.1) is 0 Å². The van der Waals surface area contributed by atoms with E-state index in [0.717, 1.165) is 0 Å². The van der Waals surface area contributed by atoms with E-state index in [4.69, 9.17) is 11.6 Å². The van der Waals surface area contributed by atoms with Crippen LogP contribution in [0.4, 0.5) is 19.0 Å². The first-order valence-electron chi connectivity index (χ1n) is 9.27. The van der Waals surface area contributed by atoms with E-state index in [2.05, 4.69) is 20.5 Å². The molecule has 3 atom stereocenters. The number of aromatic amines is 1. The van der Waals surface area contributed by atoms with Crippen molar-refractivity contribution in [1.82, 2.24) is 19.6 Å². The fraction of sp³-hybridized carbons (Fsp3) is 0.250. The molecular weight excluding hydrogens is 419 g/mol. The molecule has 1 saturated carbocycles. The van der Waals surface area contributed by atoms with Gasteiger partial charge in [-0.3, -0.25) is 9.89 Å². The molecule has 2 N–H and O–H groups in total. The number of carbonyl (C=O) groups excluding carboxylic acids is 1. The van der Waals surface area contributed by atoms with Crippen LogP contribution in [0.3, 0.4) is 0 Å². The number of nitrogens with one attached hydrogen (secondary N) is 2. The Morgan fingerprint density at radius 2 is 2.17 bits per heavy atom. The number of rotatable bonds is 4. The van der Waals surface area contributed by atoms with Crippen molar-refractivity contribution in [1.29, 1.82) is 0 Å². The smallest absolute Gasteiger partial charge is 0.231 e. The molecule has 1 aliphatic rings. The second-order valence-corrected chi connectivity index (χ2v) is 7.73. The van der Waals surface area contributed by atoms with Gasteiger partial charge in [0.15, 0.2) is 11.6 Å². The van der Waals surface area contributed by atoms with E-state index in [0.29, 0.717) is 22.2 Å². The first kappa shape index (κ1) is 18.9. The first-order chi connectivity index (χ1) is 14.3. The third-order valence-electron chi connectivity index (χ3n) is 5.26. The molecule has 3 aromatic heterocycles. The van der Waals surface area contributed by atoms with Crippen LogP contribution >= 0.6 is 11.6 Å². The molecule has 30 heavy (non-hydrogen) atoms. The van der Waals surface area contributed by atoms with Crippen LogP contribution < -0.4 is 5.32 Å². The van der Waals surface area contributed by atoms with Gasteiger partial charge in [-0.2, -0.15) is 5.10 Å². The van der Waals surface area contributed by atoms with Gasteiger partial charge in [0.1, 0.15) is 18.0 Å². The molecule has 3 heterocycles. The Morgan fingerprint density at radius 1 is 1.40 bits per heavy atom. The number of alkyl halides is 2. The molecule has 5 rings (SSSR count). The van der Waals surface area contributed by atoms with Crippen molar-refractivity contribution in [2.45, 2.75) is 25.7 Å². The van der Waals surface area contributed by atoms with Gasteiger partial charge in [0.25, 0.3) is 0 Å². The molecule has 1 aromatic carbocycles. The lowest BCUT2D eigenvalue weighted by molar-refractivity contribution is -0.117. The molecule has 1 aliphatic carbocycles. The van der Waals surface area contributed by atoms with E-state index in [1.54, 1.807) is 28.9 Å². The van der Waals surface area contributed by atoms with Crippen LogP contribution in [0.5, 0.6) is 0 Å². The summed E-state index contributed by atoms with van der Waals surface area (Å²) in [6, 6.07) is 3.37. The molecule has 1 amide bonds. The zero-order valence-corrected chi connectivity index (χ0v) is 16.3. The Kier molecular flexibility index (Phi) is 4.25. The number of imidazole rings is 1. The molecule has 1 fully saturated rings. The number of pyridine rings is 1. The summed E-state index contributed by atoms with van der Waals surface area (Å²) < 4.78 is 43.6. The van der Waals surface area contributed by atoms with E-state index < -0.39 is 30.0 Å². The summed E-state index contributed by atoms with van der Waals surface area (Å²) in [7, 11) is 0. The number of benzene rings is 1. The Balaban J connectivity index is 1.59. The highest BCUT2D eigenvalue weighted by atomic mass is 35.5. The predicted octanol–water partition coefficient (Wildman–Crippen LogP) is 5.00. The molecular formula is C20H15ClF3N5O. The summed E-state index contributed by atoms with van der Waals surface area (Å²) in [5.41, 5.74) is 1.51. The Labute approximate surface area is 173 Å². The highest BCUT2D eigenvalue weighted by Gasteiger charge is 2.43. The third-order valence-corrected chi connectivity index (χ3v) is 5.62. The van der Waals surface area contributed by atoms with E-state index in [-0.39, 0.29) is 28.3 Å². The minimum atomic E-state index is -1.57. The van der Waals surface area contributed by atoms with Crippen LogP contribution in [0.2, 0.25) is 5.02 Å². The highest BCUT2D eigenvalue weighted by molar-refractivity contribution is 6.35. The molecule has 0 aliphatic heterocycles. The zero-order chi connectivity index (χ0) is 21.2. The lowest BCUT2D eigenvalue weighted by atomic mass is 9.98. The number of anilines is 1. The van der Waals surface area contributed by atoms with Crippen LogP contribution in [0.15, 0.2) is 30.7 Å². The molecule has 0 bridgehead atoms. The second kappa shape index (κ2) is 6.73. The average Bonchev–Trinajstić information content (AvgIpc) is 3.08. The van der Waals surface area contributed by atoms with E-state index in [1.165, 1.54) is 13.1 Å². The number of hydrogen-bond acceptors (Lipinski definition) is 3. The molecule has 1 unspecified atom stereocenters. The topological polar surface area (TPSA) is 75.1 Å². The fourth-order valence-electron chi connectivity index (χ4n) is 3.65. The van der Waals surface area contributed by atoms with Crippen molar-refractivity contribution < 1.29 is 18.0 Å². The number of H-pyrrole nitrogens is 1. The standard InChI is InChI=1S/C20H15ClF3N5O/c1-8(22)15-18(24)17(21)16(11-5-25-28-19(11)15)9-2-3-14-26-13(7-29(14)6-9)27-20(30)10-4-12(10)23/h2-3,5-8,10,12H,4H2,1H3,(H,25,28)(H,27,30)/t8?,10-,12+/m1/s1. The molecule has 0 spiro atoms. The van der Waals surface area contributed by atoms with Crippen LogP contribution in [0.1, 0.15) is 25.1 Å². The summed E-state index contributed by atoms with van der Waals surface area (Å²) >= 11 is 6.29. The minimum absolute atomic E-state index is 0.170. The largest absolute Gasteiger partial charge is 0.309 e. The lowest BCUT2D eigenvalue weighted by Gasteiger charge is -2.13. The van der Waals surface area contributed by atoms with Crippen molar-refractivity contribution in [2.24, 2.45) is 5.92 Å². The van der Waals surface area contributed by atoms with Crippen molar-refractivity contribution in [2.75, 3.05) is 5.32 Å². The van der Waals surface area contributed by atoms with Gasteiger partial charge in [-0.05, 0) is 25.5 Å². The summed E-state index contributed by atoms with van der Waals surface area (Å²) in [6.45, 7) is 1.23. The maximum atomic E-state index is 14.9. The van der Waals surface area contributed by atoms with Gasteiger partial charge in [0.05, 0.1) is 28.9 Å². The van der Waals surface area contributed by atoms with Gasteiger partial charge in [0.2, 0.25) is 5.91 Å². The zero-order valence-electron chi connectivity index (χ0n) is 15.6. The Bertz CT molecular complexity index is 1320. The highest BCUT2D eigenvalue weighted by Crippen LogP contribution is 2.41. The molecule has 0 radical (unpaired) electrons. The van der Waals surface area contributed by atoms with Crippen molar-refractivity contribution in [3.05, 3.63) is 47.1 Å². The summed E-state index contributed by atoms with van der Waals surface area (Å²) in [4.78, 5) is 16.2. The molecule has 4 aromatic rings. The normalized spacial score (nSPS) is 19.4. The maximum absolute atomic E-state index is 14.9. The average molecular weight is 434 g/mol. The number of nitrogens with zero attached hydrogens (tertiary/aromatic N) is 3. The number of amides is 1. The van der Waals surface area contributed by atoms with Crippen LogP contribution in [-0.4, -0.2) is 31.7 Å². The summed E-state index contributed by atoms with van der Waals surface area (Å²) in [6.07, 6.45) is 2.26. The molecule has 6 nitrogen and oxygen atoms in total.